The molecule has 0 saturated heterocycles. The number of likely N-dealkylation sites (N-methyl/N-ethyl adjacent to an activating group) is 1. The van der Waals surface area contributed by atoms with Crippen molar-refractivity contribution in [1.29, 1.82) is 0 Å². The van der Waals surface area contributed by atoms with Crippen LogP contribution >= 0.6 is 0 Å². The zero-order valence-electron chi connectivity index (χ0n) is 18.4. The lowest BCUT2D eigenvalue weighted by Crippen LogP contribution is -2.38. The van der Waals surface area contributed by atoms with Crippen molar-refractivity contribution >= 4 is 5.91 Å². The number of carbonyl (C=O) groups excluding carboxylic acids is 1. The second-order valence-corrected chi connectivity index (χ2v) is 7.55. The molecule has 0 bridgehead atoms. The van der Waals surface area contributed by atoms with E-state index in [1.807, 2.05) is 42.8 Å². The van der Waals surface area contributed by atoms with Gasteiger partial charge in [-0.2, -0.15) is 5.10 Å². The molecule has 2 aromatic carbocycles. The summed E-state index contributed by atoms with van der Waals surface area (Å²) >= 11 is 0. The Morgan fingerprint density at radius 1 is 1.00 bits per heavy atom. The zero-order chi connectivity index (χ0) is 21.5. The third-order valence-corrected chi connectivity index (χ3v) is 5.68. The molecule has 0 radical (unpaired) electrons. The highest BCUT2D eigenvalue weighted by atomic mass is 16.1. The van der Waals surface area contributed by atoms with Crippen molar-refractivity contribution in [1.82, 2.24) is 20.0 Å². The highest BCUT2D eigenvalue weighted by Gasteiger charge is 2.22. The first-order valence-corrected chi connectivity index (χ1v) is 10.7. The van der Waals surface area contributed by atoms with Crippen LogP contribution in [0.1, 0.15) is 52.8 Å². The van der Waals surface area contributed by atoms with Gasteiger partial charge in [0.25, 0.3) is 5.91 Å². The van der Waals surface area contributed by atoms with Gasteiger partial charge < -0.3 is 5.32 Å². The second-order valence-electron chi connectivity index (χ2n) is 7.55. The molecule has 0 aliphatic rings. The maximum absolute atomic E-state index is 13.1. The Morgan fingerprint density at radius 2 is 1.60 bits per heavy atom. The molecule has 0 aliphatic heterocycles. The molecule has 0 aliphatic carbocycles. The summed E-state index contributed by atoms with van der Waals surface area (Å²) in [4.78, 5) is 15.5. The van der Waals surface area contributed by atoms with Crippen LogP contribution in [0.2, 0.25) is 0 Å². The van der Waals surface area contributed by atoms with Crippen molar-refractivity contribution in [2.45, 2.75) is 40.3 Å². The van der Waals surface area contributed by atoms with Crippen LogP contribution in [0.25, 0.3) is 0 Å². The fourth-order valence-corrected chi connectivity index (χ4v) is 4.01. The lowest BCUT2D eigenvalue weighted by molar-refractivity contribution is 0.0933. The lowest BCUT2D eigenvalue weighted by atomic mass is 10.0. The molecule has 0 fully saturated rings. The van der Waals surface area contributed by atoms with E-state index in [2.05, 4.69) is 65.6 Å². The predicted molar refractivity (Wildman–Crippen MR) is 122 cm³/mol. The fraction of sp³-hybridized carbons (Fsp3) is 0.360. The molecule has 1 atom stereocenters. The monoisotopic (exact) mass is 404 g/mol. The molecule has 3 rings (SSSR count). The quantitative estimate of drug-likeness (QED) is 0.576. The standard InChI is InChI=1S/C25H32N4O/c1-5-28(6-2)23(22-15-11-8-12-16-22)17-26-25(30)24-19(3)27-29(20(24)4)18-21-13-9-7-10-14-21/h7-16,23H,5-6,17-18H2,1-4H3,(H,26,30). The van der Waals surface area contributed by atoms with Crippen LogP contribution in [-0.2, 0) is 6.54 Å². The van der Waals surface area contributed by atoms with Gasteiger partial charge in [-0.1, -0.05) is 74.5 Å². The highest BCUT2D eigenvalue weighted by molar-refractivity contribution is 5.96. The van der Waals surface area contributed by atoms with Crippen LogP contribution in [0.4, 0.5) is 0 Å². The molecule has 1 heterocycles. The van der Waals surface area contributed by atoms with E-state index in [1.165, 1.54) is 11.1 Å². The molecular weight excluding hydrogens is 372 g/mol. The zero-order valence-corrected chi connectivity index (χ0v) is 18.4. The van der Waals surface area contributed by atoms with Crippen LogP contribution in [0, 0.1) is 13.8 Å². The van der Waals surface area contributed by atoms with Crippen LogP contribution in [0.15, 0.2) is 60.7 Å². The van der Waals surface area contributed by atoms with Crippen molar-refractivity contribution in [2.75, 3.05) is 19.6 Å². The van der Waals surface area contributed by atoms with E-state index < -0.39 is 0 Å². The summed E-state index contributed by atoms with van der Waals surface area (Å²) < 4.78 is 1.92. The van der Waals surface area contributed by atoms with E-state index in [9.17, 15) is 4.79 Å². The van der Waals surface area contributed by atoms with Crippen molar-refractivity contribution in [3.8, 4) is 0 Å². The molecule has 3 aromatic rings. The minimum Gasteiger partial charge on any atom is -0.350 e. The summed E-state index contributed by atoms with van der Waals surface area (Å²) in [6, 6.07) is 20.7. The minimum absolute atomic E-state index is 0.0580. The number of hydrogen-bond acceptors (Lipinski definition) is 3. The van der Waals surface area contributed by atoms with Crippen molar-refractivity contribution in [3.05, 3.63) is 88.7 Å². The lowest BCUT2D eigenvalue weighted by Gasteiger charge is -2.30. The van der Waals surface area contributed by atoms with Crippen molar-refractivity contribution in [2.24, 2.45) is 0 Å². The smallest absolute Gasteiger partial charge is 0.255 e. The van der Waals surface area contributed by atoms with Gasteiger partial charge in [-0.3, -0.25) is 14.4 Å². The van der Waals surface area contributed by atoms with E-state index in [0.29, 0.717) is 18.7 Å². The number of benzene rings is 2. The van der Waals surface area contributed by atoms with Gasteiger partial charge in [0.1, 0.15) is 0 Å². The Morgan fingerprint density at radius 3 is 2.20 bits per heavy atom. The summed E-state index contributed by atoms with van der Waals surface area (Å²) in [7, 11) is 0. The van der Waals surface area contributed by atoms with Crippen molar-refractivity contribution in [3.63, 3.8) is 0 Å². The second kappa shape index (κ2) is 10.2. The molecule has 158 valence electrons. The van der Waals surface area contributed by atoms with Gasteiger partial charge in [-0.25, -0.2) is 0 Å². The Labute approximate surface area is 179 Å². The van der Waals surface area contributed by atoms with Crippen LogP contribution in [-0.4, -0.2) is 40.2 Å². The Kier molecular flexibility index (Phi) is 7.41. The number of nitrogens with zero attached hydrogens (tertiary/aromatic N) is 3. The van der Waals surface area contributed by atoms with Gasteiger partial charge in [-0.05, 0) is 38.1 Å². The maximum Gasteiger partial charge on any atom is 0.255 e. The number of nitrogens with one attached hydrogen (secondary N) is 1. The number of aromatic nitrogens is 2. The number of carbonyl (C=O) groups is 1. The Balaban J connectivity index is 1.76. The first-order valence-electron chi connectivity index (χ1n) is 10.7. The molecule has 1 N–H and O–H groups in total. The van der Waals surface area contributed by atoms with E-state index in [-0.39, 0.29) is 11.9 Å². The molecule has 5 heteroatoms. The molecule has 0 saturated carbocycles. The number of aryl methyl sites for hydroxylation is 1. The molecule has 1 amide bonds. The van der Waals surface area contributed by atoms with E-state index in [4.69, 9.17) is 0 Å². The molecule has 1 unspecified atom stereocenters. The SMILES string of the molecule is CCN(CC)C(CNC(=O)c1c(C)nn(Cc2ccccc2)c1C)c1ccccc1. The van der Waals surface area contributed by atoms with E-state index >= 15 is 0 Å². The first kappa shape index (κ1) is 21.8. The molecule has 30 heavy (non-hydrogen) atoms. The van der Waals surface area contributed by atoms with Gasteiger partial charge in [-0.15, -0.1) is 0 Å². The first-order chi connectivity index (χ1) is 14.5. The summed E-state index contributed by atoms with van der Waals surface area (Å²) in [6.07, 6.45) is 0. The third-order valence-electron chi connectivity index (χ3n) is 5.68. The van der Waals surface area contributed by atoms with Crippen LogP contribution < -0.4 is 5.32 Å². The maximum atomic E-state index is 13.1. The normalized spacial score (nSPS) is 12.2. The van der Waals surface area contributed by atoms with Gasteiger partial charge in [0.2, 0.25) is 0 Å². The molecule has 5 nitrogen and oxygen atoms in total. The predicted octanol–water partition coefficient (Wildman–Crippen LogP) is 4.36. The summed E-state index contributed by atoms with van der Waals surface area (Å²) in [5.74, 6) is -0.0580. The average molecular weight is 405 g/mol. The van der Waals surface area contributed by atoms with E-state index in [1.54, 1.807) is 0 Å². The summed E-state index contributed by atoms with van der Waals surface area (Å²) in [5, 5.41) is 7.80. The van der Waals surface area contributed by atoms with Gasteiger partial charge >= 0.3 is 0 Å². The fourth-order valence-electron chi connectivity index (χ4n) is 4.01. The largest absolute Gasteiger partial charge is 0.350 e. The minimum atomic E-state index is -0.0580. The van der Waals surface area contributed by atoms with Crippen LogP contribution in [0.5, 0.6) is 0 Å². The Hall–Kier alpha value is -2.92. The summed E-state index contributed by atoms with van der Waals surface area (Å²) in [5.41, 5.74) is 4.72. The molecule has 1 aromatic heterocycles. The molecular formula is C25H32N4O. The van der Waals surface area contributed by atoms with Gasteiger partial charge in [0, 0.05) is 12.2 Å². The summed E-state index contributed by atoms with van der Waals surface area (Å²) in [6.45, 7) is 11.3. The Bertz CT molecular complexity index is 946. The van der Waals surface area contributed by atoms with Crippen LogP contribution in [0.3, 0.4) is 0 Å². The molecule has 0 spiro atoms. The average Bonchev–Trinajstić information content (AvgIpc) is 3.05. The number of hydrogen-bond donors (Lipinski definition) is 1. The van der Waals surface area contributed by atoms with Gasteiger partial charge in [0.05, 0.1) is 23.8 Å². The van der Waals surface area contributed by atoms with E-state index in [0.717, 1.165) is 24.5 Å². The number of amides is 1. The topological polar surface area (TPSA) is 50.2 Å². The van der Waals surface area contributed by atoms with Gasteiger partial charge in [0.15, 0.2) is 0 Å². The number of rotatable bonds is 9. The third kappa shape index (κ3) is 4.97. The highest BCUT2D eigenvalue weighted by Crippen LogP contribution is 2.20. The van der Waals surface area contributed by atoms with Crippen molar-refractivity contribution < 1.29 is 4.79 Å².